The van der Waals surface area contributed by atoms with Crippen molar-refractivity contribution in [3.05, 3.63) is 206 Å². The summed E-state index contributed by atoms with van der Waals surface area (Å²) in [5.74, 6) is -1.21. The smallest absolute Gasteiger partial charge is 0.657 e. The number of quaternary nitrogens is 1. The zero-order valence-corrected chi connectivity index (χ0v) is 64.9. The summed E-state index contributed by atoms with van der Waals surface area (Å²) < 4.78 is 19.5. The molecule has 1 saturated heterocycles. The van der Waals surface area contributed by atoms with Crippen molar-refractivity contribution in [2.45, 2.75) is 53.4 Å². The average Bonchev–Trinajstić information content (AvgIpc) is 1.61. The number of imidazole rings is 2. The van der Waals surface area contributed by atoms with E-state index in [-0.39, 0.29) is 23.0 Å². The maximum absolute atomic E-state index is 12.9. The minimum absolute atomic E-state index is 0. The van der Waals surface area contributed by atoms with Crippen LogP contribution in [0.4, 0.5) is 5.69 Å². The Hall–Kier alpha value is -12.9. The number of rotatable bonds is 18. The molecule has 12 aromatic rings. The van der Waals surface area contributed by atoms with Crippen LogP contribution in [-0.2, 0) is 62.2 Å². The van der Waals surface area contributed by atoms with Crippen molar-refractivity contribution in [1.82, 2.24) is 45.2 Å². The number of amides is 1. The number of unbranched alkanes of at least 4 members (excludes halogenated alkanes) is 1. The number of anilines is 1. The Balaban J connectivity index is 0.000000718. The number of nitrogens with zero attached hydrogens (tertiary/aromatic N) is 11. The number of carboxylic acid groups (broad SMARTS) is 4. The number of likely N-dealkylation sites (N-methyl/N-ethyl adjacent to an activating group) is 1. The number of carbonyl (C=O) groups excluding carboxylic acids is 5. The fourth-order valence-corrected chi connectivity index (χ4v) is 12.7. The van der Waals surface area contributed by atoms with Crippen LogP contribution in [-0.4, -0.2) is 124 Å². The Bertz CT molecular complexity index is 5480. The standard InChI is InChI=1S/C78H72N14O3.4C2H4O2.Mn/c1-88-37-30-52(31-38-88)74-64-24-22-62(80-64)73(63-23-25-65(81-63)75(53-32-39-89(2)40-33-53)67-27-29-69(83-67)76(68-28-26-66(74)82-68)54-34-41-90(3)42-35-54)51-10-16-58(17-11-51)94-47-7-6-9-72(93)79-36-8-48-95-59-18-12-55(13-19-59)77-84-60-20-14-56(49-70(60)86-77)78-85-61-21-15-57(50-71(61)87-78)91-43-45-92(4,5)46-44-91;4*1-2(3)4;/h10-35,37-42,49-50H,6-9,36,43-48H2,1-5H3,(H-2,79,80,81,82,83,93);4*1H3,(H,3,4);/q;;;;;+2/p-2. The minimum Gasteiger partial charge on any atom is -0.657 e. The van der Waals surface area contributed by atoms with Crippen molar-refractivity contribution in [3.63, 3.8) is 0 Å². The molecule has 11 heterocycles. The molecule has 4 aromatic carbocycles. The molecule has 1 amide bonds. The van der Waals surface area contributed by atoms with E-state index in [1.54, 1.807) is 0 Å². The SMILES string of the molecule is CC(=O)[O-].CC(=O)[O-].CC(=O)[O-].CC(=O)[O-].C[n+]1ccc(-c2c3nc(c(-c4cc[n+](C)cc4)c4ccc([n-]4)c(-c4cc[n+](C)cc4)c4nc(c(-c5ccc(OCCCCC(=O)NCCCOc6ccc(-c7nc8ccc(-c9nc%10cc(N%11CC[N+](C)(C)CC%11)ccc%10[nH]9)cc8[nH]7)cc6)cc5)c5ccc2[n-]5)C=C4)C=C3)cc1.[Mn+2]. The Morgan fingerprint density at radius 1 is 0.455 bits per heavy atom. The number of carboxylic acids is 4. The normalized spacial score (nSPS) is 12.3. The predicted molar refractivity (Wildman–Crippen MR) is 418 cm³/mol. The molecule has 8 bridgehead atoms. The van der Waals surface area contributed by atoms with Crippen LogP contribution in [0.15, 0.2) is 183 Å². The molecular weight excluding hydrogens is 1460 g/mol. The molecule has 1 radical (unpaired) electrons. The number of aryl methyl sites for hydroxylation is 3. The first-order chi connectivity index (χ1) is 53.3. The third kappa shape index (κ3) is 21.7. The summed E-state index contributed by atoms with van der Waals surface area (Å²) in [6.07, 6.45) is 23.2. The predicted octanol–water partition coefficient (Wildman–Crippen LogP) is 7.20. The first-order valence-corrected chi connectivity index (χ1v) is 36.2. The van der Waals surface area contributed by atoms with Gasteiger partial charge < -0.3 is 83.7 Å². The Kier molecular flexibility index (Phi) is 27.3. The van der Waals surface area contributed by atoms with Gasteiger partial charge in [0.25, 0.3) is 0 Å². The van der Waals surface area contributed by atoms with Crippen molar-refractivity contribution in [1.29, 1.82) is 0 Å². The van der Waals surface area contributed by atoms with E-state index in [0.29, 0.717) is 39.0 Å². The van der Waals surface area contributed by atoms with Crippen molar-refractivity contribution in [3.8, 4) is 78.8 Å². The molecule has 0 spiro atoms. The molecule has 3 aliphatic rings. The number of fused-ring (bicyclic) bond motifs is 10. The molecule has 1 fully saturated rings. The number of benzene rings is 4. The second-order valence-electron chi connectivity index (χ2n) is 27.5. The molecule has 26 heteroatoms. The number of piperazine rings is 1. The van der Waals surface area contributed by atoms with E-state index in [1.165, 1.54) is 5.69 Å². The Labute approximate surface area is 658 Å². The monoisotopic (exact) mass is 1550 g/mol. The maximum Gasteiger partial charge on any atom is 2.00 e. The minimum atomic E-state index is -1.08. The van der Waals surface area contributed by atoms with Crippen molar-refractivity contribution in [2.75, 3.05) is 64.9 Å². The van der Waals surface area contributed by atoms with Crippen molar-refractivity contribution in [2.24, 2.45) is 21.1 Å². The first kappa shape index (κ1) is 81.6. The quantitative estimate of drug-likeness (QED) is 0.0331. The third-order valence-corrected chi connectivity index (χ3v) is 18.2. The van der Waals surface area contributed by atoms with Gasteiger partial charge in [-0.2, -0.15) is 0 Å². The van der Waals surface area contributed by atoms with Gasteiger partial charge in [-0.05, 0) is 189 Å². The average molecular weight is 1550 g/mol. The van der Waals surface area contributed by atoms with E-state index < -0.39 is 23.9 Å². The van der Waals surface area contributed by atoms with Crippen LogP contribution in [0.2, 0.25) is 0 Å². The number of hydrogen-bond acceptors (Lipinski definition) is 16. The molecule has 0 saturated carbocycles. The Morgan fingerprint density at radius 3 is 1.27 bits per heavy atom. The van der Waals surface area contributed by atoms with E-state index in [2.05, 4.69) is 174 Å². The van der Waals surface area contributed by atoms with Crippen LogP contribution in [0.1, 0.15) is 76.2 Å². The summed E-state index contributed by atoms with van der Waals surface area (Å²) in [6, 6.07) is 49.9. The molecule has 0 unspecified atom stereocenters. The van der Waals surface area contributed by atoms with Crippen LogP contribution >= 0.6 is 0 Å². The molecule has 8 aromatic heterocycles. The van der Waals surface area contributed by atoms with Gasteiger partial charge in [0, 0.05) is 90.1 Å². The van der Waals surface area contributed by atoms with E-state index >= 15 is 0 Å². The van der Waals surface area contributed by atoms with Crippen LogP contribution < -0.4 is 63.8 Å². The number of nitrogens with one attached hydrogen (secondary N) is 3. The molecule has 3 aliphatic heterocycles. The Morgan fingerprint density at radius 2 is 0.830 bits per heavy atom. The topological polar surface area (TPSA) is 334 Å². The first-order valence-electron chi connectivity index (χ1n) is 36.2. The fraction of sp³-hybridized carbons (Fsp3) is 0.233. The van der Waals surface area contributed by atoms with Crippen LogP contribution in [0.3, 0.4) is 0 Å². The number of aromatic amines is 2. The van der Waals surface area contributed by atoms with E-state index in [0.717, 1.165) is 210 Å². The third-order valence-electron chi connectivity index (χ3n) is 18.2. The number of carbonyl (C=O) groups is 5. The van der Waals surface area contributed by atoms with Gasteiger partial charge in [-0.15, -0.1) is 22.1 Å². The molecular formula is C86H86MnN14O11. The number of ether oxygens (including phenoxy) is 2. The molecule has 0 aliphatic carbocycles. The van der Waals surface area contributed by atoms with Gasteiger partial charge >= 0.3 is 17.1 Å². The van der Waals surface area contributed by atoms with Gasteiger partial charge in [-0.1, -0.05) is 36.4 Å². The molecule has 112 heavy (non-hydrogen) atoms. The number of aliphatic carboxylic acids is 4. The van der Waals surface area contributed by atoms with E-state index in [9.17, 15) is 4.79 Å². The number of hydrogen-bond donors (Lipinski definition) is 3. The molecule has 15 rings (SSSR count). The fourth-order valence-electron chi connectivity index (χ4n) is 12.7. The largest absolute Gasteiger partial charge is 2.00 e. The summed E-state index contributed by atoms with van der Waals surface area (Å²) in [4.78, 5) is 89.6. The number of aromatic nitrogens is 11. The zero-order chi connectivity index (χ0) is 78.9. The van der Waals surface area contributed by atoms with Gasteiger partial charge in [-0.3, -0.25) is 4.79 Å². The van der Waals surface area contributed by atoms with Gasteiger partial charge in [0.15, 0.2) is 37.2 Å². The summed E-state index contributed by atoms with van der Waals surface area (Å²) >= 11 is 0. The van der Waals surface area contributed by atoms with E-state index in [4.69, 9.17) is 79.0 Å². The van der Waals surface area contributed by atoms with E-state index in [1.807, 2.05) is 102 Å². The van der Waals surface area contributed by atoms with Crippen molar-refractivity contribution >= 4 is 104 Å². The molecule has 573 valence electrons. The summed E-state index contributed by atoms with van der Waals surface area (Å²) in [7, 11) is 10.7. The molecule has 3 N–H and O–H groups in total. The van der Waals surface area contributed by atoms with Gasteiger partial charge in [0.05, 0.1) is 98.3 Å². The zero-order valence-electron chi connectivity index (χ0n) is 63.7. The number of H-pyrrole nitrogens is 2. The molecule has 0 atom stereocenters. The van der Waals surface area contributed by atoms with Crippen LogP contribution in [0, 0.1) is 0 Å². The number of pyridine rings is 3. The van der Waals surface area contributed by atoms with Gasteiger partial charge in [-0.25, -0.2) is 33.6 Å². The second kappa shape index (κ2) is 37.5. The van der Waals surface area contributed by atoms with Gasteiger partial charge in [0.1, 0.15) is 44.3 Å². The maximum atomic E-state index is 12.9. The van der Waals surface area contributed by atoms with Crippen LogP contribution in [0.25, 0.3) is 136 Å². The molecule has 25 nitrogen and oxygen atoms in total. The second-order valence-corrected chi connectivity index (χ2v) is 27.5. The summed E-state index contributed by atoms with van der Waals surface area (Å²) in [5, 5.41) is 38.6. The van der Waals surface area contributed by atoms with Crippen LogP contribution in [0.5, 0.6) is 11.5 Å². The summed E-state index contributed by atoms with van der Waals surface area (Å²) in [5.41, 5.74) is 21.0. The van der Waals surface area contributed by atoms with Crippen molar-refractivity contribution < 1.29 is 89.1 Å². The summed E-state index contributed by atoms with van der Waals surface area (Å²) in [6.45, 7) is 9.70. The van der Waals surface area contributed by atoms with Gasteiger partial charge in [0.2, 0.25) is 5.91 Å².